The monoisotopic (exact) mass is 411 g/mol. The van der Waals surface area contributed by atoms with Gasteiger partial charge in [-0.3, -0.25) is 4.79 Å². The van der Waals surface area contributed by atoms with Crippen LogP contribution in [-0.2, 0) is 4.79 Å². The molecular weight excluding hydrogens is 394 g/mol. The van der Waals surface area contributed by atoms with E-state index in [0.29, 0.717) is 33.5 Å². The van der Waals surface area contributed by atoms with E-state index in [1.807, 2.05) is 12.1 Å². The van der Waals surface area contributed by atoms with Gasteiger partial charge in [-0.25, -0.2) is 4.79 Å². The van der Waals surface area contributed by atoms with Crippen LogP contribution < -0.4 is 20.4 Å². The molecule has 4 rings (SSSR count). The number of rotatable bonds is 4. The third-order valence-electron chi connectivity index (χ3n) is 4.79. The zero-order valence-corrected chi connectivity index (χ0v) is 16.5. The lowest BCUT2D eigenvalue weighted by atomic mass is 9.88. The average Bonchev–Trinajstić information content (AvgIpc) is 3.09. The van der Waals surface area contributed by atoms with Gasteiger partial charge in [-0.15, -0.1) is 0 Å². The normalized spacial score (nSPS) is 17.3. The van der Waals surface area contributed by atoms with E-state index >= 15 is 0 Å². The van der Waals surface area contributed by atoms with Crippen molar-refractivity contribution in [1.29, 1.82) is 0 Å². The third kappa shape index (κ3) is 3.71. The summed E-state index contributed by atoms with van der Waals surface area (Å²) in [5.41, 5.74) is 1.15. The van der Waals surface area contributed by atoms with Crippen LogP contribution in [-0.4, -0.2) is 19.1 Å². The Hall–Kier alpha value is -3.25. The highest BCUT2D eigenvalue weighted by Crippen LogP contribution is 2.41. The fraction of sp³-hybridized carbons (Fsp3) is 0.182. The van der Waals surface area contributed by atoms with Gasteiger partial charge in [0, 0.05) is 16.8 Å². The van der Waals surface area contributed by atoms with Crippen molar-refractivity contribution >= 4 is 23.2 Å². The van der Waals surface area contributed by atoms with E-state index in [0.717, 1.165) is 5.56 Å². The molecule has 0 aliphatic carbocycles. The summed E-state index contributed by atoms with van der Waals surface area (Å²) in [6.07, 6.45) is -0.932. The lowest BCUT2D eigenvalue weighted by Crippen LogP contribution is -2.35. The molecule has 0 saturated heterocycles. The van der Waals surface area contributed by atoms with Gasteiger partial charge in [0.2, 0.25) is 0 Å². The molecule has 7 heteroatoms. The number of halogens is 1. The Balaban J connectivity index is 1.73. The fourth-order valence-electron chi connectivity index (χ4n) is 3.43. The number of anilines is 1. The molecule has 0 bridgehead atoms. The minimum Gasteiger partial charge on any atom is -0.497 e. The minimum atomic E-state index is -0.932. The molecule has 1 aliphatic rings. The lowest BCUT2D eigenvalue weighted by molar-refractivity contribution is -0.122. The summed E-state index contributed by atoms with van der Waals surface area (Å²) >= 11 is 5.90. The largest absolute Gasteiger partial charge is 0.497 e. The molecule has 3 aromatic rings. The first-order valence-electron chi connectivity index (χ1n) is 8.98. The van der Waals surface area contributed by atoms with Crippen LogP contribution in [0.1, 0.15) is 22.8 Å². The number of benzene rings is 2. The second-order valence-electron chi connectivity index (χ2n) is 6.71. The van der Waals surface area contributed by atoms with Crippen molar-refractivity contribution in [2.24, 2.45) is 0 Å². The Morgan fingerprint density at radius 2 is 1.79 bits per heavy atom. The number of ether oxygens (including phenoxy) is 2. The molecule has 1 aromatic heterocycles. The standard InChI is InChI=1S/C22H18ClNO5/c1-12-11-17-19(22(26)28-12)18(13-3-9-16(27-2)10-4-13)20(29-17)21(25)24-15-7-5-14(23)6-8-15/h3-11,18,20H,1-2H3,(H,24,25)/t18-,20-/m1/s1. The number of amides is 1. The summed E-state index contributed by atoms with van der Waals surface area (Å²) in [5, 5.41) is 3.39. The van der Waals surface area contributed by atoms with Crippen LogP contribution in [0.15, 0.2) is 63.8 Å². The van der Waals surface area contributed by atoms with Gasteiger partial charge in [0.1, 0.15) is 17.3 Å². The van der Waals surface area contributed by atoms with Crippen molar-refractivity contribution in [3.8, 4) is 11.5 Å². The highest BCUT2D eigenvalue weighted by Gasteiger charge is 2.43. The maximum atomic E-state index is 13.0. The summed E-state index contributed by atoms with van der Waals surface area (Å²) < 4.78 is 16.4. The number of aryl methyl sites for hydroxylation is 1. The van der Waals surface area contributed by atoms with E-state index in [-0.39, 0.29) is 5.91 Å². The predicted octanol–water partition coefficient (Wildman–Crippen LogP) is 4.14. The summed E-state index contributed by atoms with van der Waals surface area (Å²) in [4.78, 5) is 25.6. The smallest absolute Gasteiger partial charge is 0.343 e. The summed E-state index contributed by atoms with van der Waals surface area (Å²) in [5.74, 6) is 0.462. The molecule has 1 amide bonds. The molecule has 6 nitrogen and oxygen atoms in total. The van der Waals surface area contributed by atoms with Crippen molar-refractivity contribution in [1.82, 2.24) is 0 Å². The van der Waals surface area contributed by atoms with Gasteiger partial charge in [0.15, 0.2) is 6.10 Å². The highest BCUT2D eigenvalue weighted by molar-refractivity contribution is 6.30. The van der Waals surface area contributed by atoms with Crippen molar-refractivity contribution in [3.05, 3.63) is 86.9 Å². The molecule has 1 aliphatic heterocycles. The topological polar surface area (TPSA) is 77.8 Å². The lowest BCUT2D eigenvalue weighted by Gasteiger charge is -2.19. The van der Waals surface area contributed by atoms with E-state index in [1.165, 1.54) is 0 Å². The number of hydrogen-bond acceptors (Lipinski definition) is 5. The maximum absolute atomic E-state index is 13.0. The number of fused-ring (bicyclic) bond motifs is 1. The Bertz CT molecular complexity index is 1110. The molecule has 29 heavy (non-hydrogen) atoms. The third-order valence-corrected chi connectivity index (χ3v) is 5.04. The quantitative estimate of drug-likeness (QED) is 0.698. The number of hydrogen-bond donors (Lipinski definition) is 1. The Morgan fingerprint density at radius 1 is 1.10 bits per heavy atom. The van der Waals surface area contributed by atoms with Crippen LogP contribution in [0.4, 0.5) is 5.69 Å². The van der Waals surface area contributed by atoms with Crippen molar-refractivity contribution in [2.45, 2.75) is 18.9 Å². The Kier molecular flexibility index (Phi) is 5.03. The Labute approximate surface area is 172 Å². The van der Waals surface area contributed by atoms with Gasteiger partial charge in [0.05, 0.1) is 18.6 Å². The van der Waals surface area contributed by atoms with Crippen molar-refractivity contribution in [2.75, 3.05) is 12.4 Å². The first kappa shape index (κ1) is 19.1. The minimum absolute atomic E-state index is 0.331. The van der Waals surface area contributed by atoms with E-state index in [1.54, 1.807) is 56.5 Å². The van der Waals surface area contributed by atoms with Gasteiger partial charge in [-0.1, -0.05) is 23.7 Å². The predicted molar refractivity (Wildman–Crippen MR) is 109 cm³/mol. The van der Waals surface area contributed by atoms with Gasteiger partial charge >= 0.3 is 5.63 Å². The molecule has 0 saturated carbocycles. The van der Waals surface area contributed by atoms with Crippen molar-refractivity contribution in [3.63, 3.8) is 0 Å². The summed E-state index contributed by atoms with van der Waals surface area (Å²) in [6, 6.07) is 15.6. The SMILES string of the molecule is COc1ccc([C@@H]2c3c(cc(C)oc3=O)O[C@H]2C(=O)Nc2ccc(Cl)cc2)cc1. The second-order valence-corrected chi connectivity index (χ2v) is 7.14. The zero-order valence-electron chi connectivity index (χ0n) is 15.8. The number of methoxy groups -OCH3 is 1. The molecule has 148 valence electrons. The molecular formula is C22H18ClNO5. The number of nitrogens with one attached hydrogen (secondary N) is 1. The van der Waals surface area contributed by atoms with Gasteiger partial charge in [-0.05, 0) is 48.9 Å². The molecule has 0 radical (unpaired) electrons. The molecule has 0 unspecified atom stereocenters. The Morgan fingerprint density at radius 3 is 2.45 bits per heavy atom. The van der Waals surface area contributed by atoms with Crippen LogP contribution >= 0.6 is 11.6 Å². The van der Waals surface area contributed by atoms with Crippen LogP contribution in [0, 0.1) is 6.92 Å². The van der Waals surface area contributed by atoms with Crippen LogP contribution in [0.3, 0.4) is 0 Å². The molecule has 0 spiro atoms. The van der Waals surface area contributed by atoms with Crippen LogP contribution in [0.5, 0.6) is 11.5 Å². The first-order valence-corrected chi connectivity index (χ1v) is 9.36. The van der Waals surface area contributed by atoms with E-state index < -0.39 is 17.6 Å². The first-order chi connectivity index (χ1) is 14.0. The van der Waals surface area contributed by atoms with Gasteiger partial charge < -0.3 is 19.2 Å². The maximum Gasteiger partial charge on any atom is 0.343 e. The highest BCUT2D eigenvalue weighted by atomic mass is 35.5. The number of carbonyl (C=O) groups is 1. The van der Waals surface area contributed by atoms with Gasteiger partial charge in [-0.2, -0.15) is 0 Å². The zero-order chi connectivity index (χ0) is 20.5. The molecule has 2 aromatic carbocycles. The van der Waals surface area contributed by atoms with E-state index in [4.69, 9.17) is 25.5 Å². The summed E-state index contributed by atoms with van der Waals surface area (Å²) in [7, 11) is 1.57. The number of carbonyl (C=O) groups excluding carboxylic acids is 1. The average molecular weight is 412 g/mol. The van der Waals surface area contributed by atoms with Gasteiger partial charge in [0.25, 0.3) is 5.91 Å². The molecule has 2 heterocycles. The fourth-order valence-corrected chi connectivity index (χ4v) is 3.56. The van der Waals surface area contributed by atoms with Crippen molar-refractivity contribution < 1.29 is 18.7 Å². The molecule has 0 fully saturated rings. The van der Waals surface area contributed by atoms with E-state index in [2.05, 4.69) is 5.32 Å². The van der Waals surface area contributed by atoms with Crippen LogP contribution in [0.25, 0.3) is 0 Å². The van der Waals surface area contributed by atoms with E-state index in [9.17, 15) is 9.59 Å². The van der Waals surface area contributed by atoms with Crippen LogP contribution in [0.2, 0.25) is 5.02 Å². The summed E-state index contributed by atoms with van der Waals surface area (Å²) in [6.45, 7) is 1.66. The molecule has 2 atom stereocenters. The second kappa shape index (κ2) is 7.64. The molecule has 1 N–H and O–H groups in total.